The van der Waals surface area contributed by atoms with Crippen molar-refractivity contribution in [1.82, 2.24) is 9.03 Å². The third-order valence-corrected chi connectivity index (χ3v) is 5.62. The van der Waals surface area contributed by atoms with Crippen LogP contribution >= 0.6 is 0 Å². The second-order valence-corrected chi connectivity index (χ2v) is 7.47. The zero-order chi connectivity index (χ0) is 15.4. The lowest BCUT2D eigenvalue weighted by atomic mass is 9.78. The van der Waals surface area contributed by atoms with Crippen LogP contribution in [0.3, 0.4) is 0 Å². The summed E-state index contributed by atoms with van der Waals surface area (Å²) in [7, 11) is -2.45. The van der Waals surface area contributed by atoms with Gasteiger partial charge in [-0.1, -0.05) is 6.92 Å². The third-order valence-electron chi connectivity index (χ3n) is 3.93. The molecule has 0 unspecified atom stereocenters. The highest BCUT2D eigenvalue weighted by Crippen LogP contribution is 2.32. The molecule has 8 heteroatoms. The maximum absolute atomic E-state index is 12.2. The summed E-state index contributed by atoms with van der Waals surface area (Å²) in [4.78, 5) is 10.5. The van der Waals surface area contributed by atoms with Gasteiger partial charge in [-0.15, -0.1) is 0 Å². The smallest absolute Gasteiger partial charge is 0.304 e. The minimum atomic E-state index is -3.78. The van der Waals surface area contributed by atoms with Gasteiger partial charge in [0.2, 0.25) is 0 Å². The average molecular weight is 308 g/mol. The van der Waals surface area contributed by atoms with Crippen molar-refractivity contribution in [3.8, 4) is 0 Å². The van der Waals surface area contributed by atoms with E-state index in [0.717, 1.165) is 17.1 Å². The van der Waals surface area contributed by atoms with E-state index in [1.54, 1.807) is 0 Å². The maximum atomic E-state index is 12.2. The van der Waals surface area contributed by atoms with Crippen LogP contribution in [0, 0.1) is 5.92 Å². The molecule has 0 aliphatic heterocycles. The number of aliphatic hydroxyl groups is 1. The van der Waals surface area contributed by atoms with Gasteiger partial charge in [-0.25, -0.2) is 0 Å². The summed E-state index contributed by atoms with van der Waals surface area (Å²) in [5.74, 6) is -0.515. The summed E-state index contributed by atoms with van der Waals surface area (Å²) in [5, 5.41) is 18.1. The molecule has 20 heavy (non-hydrogen) atoms. The van der Waals surface area contributed by atoms with Crippen LogP contribution in [-0.4, -0.2) is 54.6 Å². The predicted octanol–water partition coefficient (Wildman–Crippen LogP) is 0.169. The monoisotopic (exact) mass is 308 g/mol. The molecule has 0 radical (unpaired) electrons. The van der Waals surface area contributed by atoms with Crippen LogP contribution in [-0.2, 0) is 15.0 Å². The Bertz CT molecular complexity index is 429. The molecule has 1 saturated carbocycles. The van der Waals surface area contributed by atoms with Crippen molar-refractivity contribution in [3.63, 3.8) is 0 Å². The van der Waals surface area contributed by atoms with Gasteiger partial charge in [-0.3, -0.25) is 4.79 Å². The fourth-order valence-corrected chi connectivity index (χ4v) is 3.64. The van der Waals surface area contributed by atoms with E-state index >= 15 is 0 Å². The molecule has 0 spiro atoms. The lowest BCUT2D eigenvalue weighted by Gasteiger charge is -2.39. The van der Waals surface area contributed by atoms with Gasteiger partial charge in [-0.05, 0) is 31.6 Å². The molecule has 1 aliphatic rings. The number of carboxylic acid groups (broad SMARTS) is 1. The minimum Gasteiger partial charge on any atom is -0.481 e. The second-order valence-electron chi connectivity index (χ2n) is 5.69. The van der Waals surface area contributed by atoms with Gasteiger partial charge < -0.3 is 10.2 Å². The van der Waals surface area contributed by atoms with Crippen molar-refractivity contribution in [3.05, 3.63) is 0 Å². The molecule has 0 amide bonds. The van der Waals surface area contributed by atoms with Crippen LogP contribution in [0.5, 0.6) is 0 Å². The van der Waals surface area contributed by atoms with Gasteiger partial charge in [0.1, 0.15) is 0 Å². The van der Waals surface area contributed by atoms with Crippen LogP contribution in [0.2, 0.25) is 0 Å². The Kier molecular flexibility index (Phi) is 5.93. The summed E-state index contributed by atoms with van der Waals surface area (Å²) in [6.45, 7) is 1.77. The number of aliphatic carboxylic acids is 1. The Morgan fingerprint density at radius 2 is 1.95 bits per heavy atom. The van der Waals surface area contributed by atoms with Crippen LogP contribution in [0.1, 0.15) is 39.0 Å². The second kappa shape index (κ2) is 6.84. The number of aliphatic hydroxyl groups excluding tert-OH is 1. The SMILES string of the molecule is CC1CCC(CO)(NS(=O)(=O)N(C)CCC(=O)O)CC1. The number of nitrogens with one attached hydrogen (secondary N) is 1. The van der Waals surface area contributed by atoms with E-state index in [4.69, 9.17) is 5.11 Å². The fourth-order valence-electron chi connectivity index (χ4n) is 2.33. The van der Waals surface area contributed by atoms with Crippen molar-refractivity contribution in [2.75, 3.05) is 20.2 Å². The van der Waals surface area contributed by atoms with E-state index in [2.05, 4.69) is 11.6 Å². The Morgan fingerprint density at radius 3 is 2.40 bits per heavy atom. The molecule has 0 bridgehead atoms. The standard InChI is InChI=1S/C12H24N2O5S/c1-10-3-6-12(9-15,7-4-10)13-20(18,19)14(2)8-5-11(16)17/h10,13,15H,3-9H2,1-2H3,(H,16,17). The topological polar surface area (TPSA) is 107 Å². The summed E-state index contributed by atoms with van der Waals surface area (Å²) in [5.41, 5.74) is -0.817. The first kappa shape index (κ1) is 17.4. The van der Waals surface area contributed by atoms with Gasteiger partial charge in [0.15, 0.2) is 0 Å². The van der Waals surface area contributed by atoms with E-state index in [-0.39, 0.29) is 19.6 Å². The van der Waals surface area contributed by atoms with Crippen LogP contribution in [0.4, 0.5) is 0 Å². The van der Waals surface area contributed by atoms with Crippen molar-refractivity contribution in [2.24, 2.45) is 5.92 Å². The largest absolute Gasteiger partial charge is 0.481 e. The molecule has 0 aromatic heterocycles. The Labute approximate surface area is 120 Å². The van der Waals surface area contributed by atoms with Crippen molar-refractivity contribution in [1.29, 1.82) is 0 Å². The highest BCUT2D eigenvalue weighted by molar-refractivity contribution is 7.87. The third kappa shape index (κ3) is 4.69. The number of rotatable bonds is 7. The zero-order valence-electron chi connectivity index (χ0n) is 12.0. The Morgan fingerprint density at radius 1 is 1.40 bits per heavy atom. The van der Waals surface area contributed by atoms with E-state index in [1.807, 2.05) is 0 Å². The van der Waals surface area contributed by atoms with Gasteiger partial charge in [0.05, 0.1) is 18.6 Å². The predicted molar refractivity (Wildman–Crippen MR) is 74.4 cm³/mol. The molecular weight excluding hydrogens is 284 g/mol. The molecule has 0 heterocycles. The normalized spacial score (nSPS) is 27.7. The molecule has 1 aliphatic carbocycles. The first-order chi connectivity index (χ1) is 9.21. The minimum absolute atomic E-state index is 0.0947. The number of carbonyl (C=O) groups is 1. The van der Waals surface area contributed by atoms with Gasteiger partial charge in [0.25, 0.3) is 10.2 Å². The average Bonchev–Trinajstić information content (AvgIpc) is 2.38. The summed E-state index contributed by atoms with van der Waals surface area (Å²) in [6.07, 6.45) is 2.66. The quantitative estimate of drug-likeness (QED) is 0.621. The van der Waals surface area contributed by atoms with E-state index < -0.39 is 21.7 Å². The lowest BCUT2D eigenvalue weighted by molar-refractivity contribution is -0.137. The summed E-state index contributed by atoms with van der Waals surface area (Å²) < 4.78 is 27.9. The maximum Gasteiger partial charge on any atom is 0.304 e. The van der Waals surface area contributed by atoms with Crippen molar-refractivity contribution < 1.29 is 23.4 Å². The molecule has 7 nitrogen and oxygen atoms in total. The molecule has 1 fully saturated rings. The first-order valence-electron chi connectivity index (χ1n) is 6.79. The van der Waals surface area contributed by atoms with Crippen molar-refractivity contribution in [2.45, 2.75) is 44.6 Å². The number of nitrogens with zero attached hydrogens (tertiary/aromatic N) is 1. The first-order valence-corrected chi connectivity index (χ1v) is 8.23. The molecule has 0 aromatic carbocycles. The molecular formula is C12H24N2O5S. The zero-order valence-corrected chi connectivity index (χ0v) is 12.8. The van der Waals surface area contributed by atoms with Crippen LogP contribution < -0.4 is 4.72 Å². The summed E-state index contributed by atoms with van der Waals surface area (Å²) >= 11 is 0. The van der Waals surface area contributed by atoms with E-state index in [1.165, 1.54) is 7.05 Å². The van der Waals surface area contributed by atoms with Gasteiger partial charge >= 0.3 is 5.97 Å². The Hall–Kier alpha value is -0.700. The van der Waals surface area contributed by atoms with Crippen molar-refractivity contribution >= 4 is 16.2 Å². The molecule has 3 N–H and O–H groups in total. The fraction of sp³-hybridized carbons (Fsp3) is 0.917. The van der Waals surface area contributed by atoms with E-state index in [0.29, 0.717) is 18.8 Å². The molecule has 0 aromatic rings. The molecule has 1 rings (SSSR count). The highest BCUT2D eigenvalue weighted by atomic mass is 32.2. The molecule has 118 valence electrons. The molecule has 0 atom stereocenters. The van der Waals surface area contributed by atoms with Crippen LogP contribution in [0.25, 0.3) is 0 Å². The Balaban J connectivity index is 2.70. The number of carboxylic acids is 1. The molecule has 0 saturated heterocycles. The van der Waals surface area contributed by atoms with Gasteiger partial charge in [-0.2, -0.15) is 17.4 Å². The lowest BCUT2D eigenvalue weighted by Crippen LogP contribution is -2.56. The summed E-state index contributed by atoms with van der Waals surface area (Å²) in [6, 6.07) is 0. The number of hydrogen-bond acceptors (Lipinski definition) is 4. The van der Waals surface area contributed by atoms with Gasteiger partial charge in [0, 0.05) is 13.6 Å². The highest BCUT2D eigenvalue weighted by Gasteiger charge is 2.38. The number of hydrogen-bond donors (Lipinski definition) is 3. The van der Waals surface area contributed by atoms with Crippen LogP contribution in [0.15, 0.2) is 0 Å². The van der Waals surface area contributed by atoms with E-state index in [9.17, 15) is 18.3 Å².